The maximum absolute atomic E-state index is 4.13. The molecule has 3 nitrogen and oxygen atoms in total. The lowest BCUT2D eigenvalue weighted by atomic mass is 10.00. The Labute approximate surface area is 130 Å². The number of nitrogens with one attached hydrogen (secondary N) is 1. The Kier molecular flexibility index (Phi) is 7.17. The average Bonchev–Trinajstić information content (AvgIpc) is 2.77. The van der Waals surface area contributed by atoms with Crippen LogP contribution in [0, 0.1) is 0 Å². The second-order valence-electron chi connectivity index (χ2n) is 6.18. The lowest BCUT2D eigenvalue weighted by Crippen LogP contribution is -2.49. The molecule has 0 amide bonds. The molecule has 1 aromatic rings. The van der Waals surface area contributed by atoms with Gasteiger partial charge in [0.2, 0.25) is 0 Å². The monoisotopic (exact) mass is 289 g/mol. The van der Waals surface area contributed by atoms with Crippen LogP contribution in [-0.4, -0.2) is 35.1 Å². The van der Waals surface area contributed by atoms with Crippen LogP contribution in [0.25, 0.3) is 0 Å². The van der Waals surface area contributed by atoms with Crippen LogP contribution in [0.15, 0.2) is 24.5 Å². The molecule has 2 rings (SSSR count). The van der Waals surface area contributed by atoms with E-state index in [1.54, 1.807) is 0 Å². The van der Waals surface area contributed by atoms with Crippen molar-refractivity contribution in [1.82, 2.24) is 15.2 Å². The van der Waals surface area contributed by atoms with Gasteiger partial charge in [-0.05, 0) is 50.0 Å². The molecule has 1 aromatic heterocycles. The van der Waals surface area contributed by atoms with Crippen molar-refractivity contribution >= 4 is 0 Å². The molecule has 1 fully saturated rings. The van der Waals surface area contributed by atoms with Crippen molar-refractivity contribution in [3.05, 3.63) is 30.1 Å². The van der Waals surface area contributed by atoms with Crippen molar-refractivity contribution in [2.75, 3.05) is 13.1 Å². The van der Waals surface area contributed by atoms with Crippen molar-refractivity contribution in [2.45, 2.75) is 71.0 Å². The summed E-state index contributed by atoms with van der Waals surface area (Å²) < 4.78 is 0. The van der Waals surface area contributed by atoms with E-state index in [1.165, 1.54) is 44.1 Å². The third kappa shape index (κ3) is 5.08. The van der Waals surface area contributed by atoms with Crippen molar-refractivity contribution in [3.63, 3.8) is 0 Å². The smallest absolute Gasteiger partial charge is 0.0271 e. The molecule has 2 unspecified atom stereocenters. The van der Waals surface area contributed by atoms with E-state index >= 15 is 0 Å². The van der Waals surface area contributed by atoms with Crippen molar-refractivity contribution in [3.8, 4) is 0 Å². The summed E-state index contributed by atoms with van der Waals surface area (Å²) in [6.07, 6.45) is 11.9. The third-order valence-corrected chi connectivity index (χ3v) is 4.65. The largest absolute Gasteiger partial charge is 0.312 e. The van der Waals surface area contributed by atoms with Gasteiger partial charge in [0.15, 0.2) is 0 Å². The Hall–Kier alpha value is -0.930. The number of hydrogen-bond donors (Lipinski definition) is 1. The van der Waals surface area contributed by atoms with Gasteiger partial charge in [0, 0.05) is 31.0 Å². The van der Waals surface area contributed by atoms with Crippen LogP contribution in [0.5, 0.6) is 0 Å². The summed E-state index contributed by atoms with van der Waals surface area (Å²) in [5.74, 6) is 0. The van der Waals surface area contributed by atoms with Crippen LogP contribution < -0.4 is 5.32 Å². The Balaban J connectivity index is 2.04. The van der Waals surface area contributed by atoms with E-state index < -0.39 is 0 Å². The highest BCUT2D eigenvalue weighted by Crippen LogP contribution is 2.24. The molecule has 118 valence electrons. The number of hydrogen-bond acceptors (Lipinski definition) is 3. The summed E-state index contributed by atoms with van der Waals surface area (Å²) in [5.41, 5.74) is 1.38. The first-order valence-electron chi connectivity index (χ1n) is 8.71. The minimum Gasteiger partial charge on any atom is -0.312 e. The van der Waals surface area contributed by atoms with Crippen LogP contribution in [0.3, 0.4) is 0 Å². The maximum Gasteiger partial charge on any atom is 0.0271 e. The molecule has 1 aliphatic rings. The van der Waals surface area contributed by atoms with Crippen LogP contribution in [-0.2, 0) is 6.54 Å². The highest BCUT2D eigenvalue weighted by molar-refractivity contribution is 5.10. The number of nitrogens with zero attached hydrogens (tertiary/aromatic N) is 2. The predicted octanol–water partition coefficient (Wildman–Crippen LogP) is 3.60. The van der Waals surface area contributed by atoms with Crippen molar-refractivity contribution < 1.29 is 0 Å². The molecule has 2 atom stereocenters. The molecule has 1 heterocycles. The number of likely N-dealkylation sites (N-methyl/N-ethyl adjacent to an activating group) is 1. The minimum atomic E-state index is 0.661. The molecule has 1 aliphatic carbocycles. The summed E-state index contributed by atoms with van der Waals surface area (Å²) >= 11 is 0. The second-order valence-corrected chi connectivity index (χ2v) is 6.18. The molecule has 0 spiro atoms. The fourth-order valence-corrected chi connectivity index (χ4v) is 3.48. The lowest BCUT2D eigenvalue weighted by Gasteiger charge is -2.36. The highest BCUT2D eigenvalue weighted by Gasteiger charge is 2.27. The molecule has 0 aromatic carbocycles. The Morgan fingerprint density at radius 3 is 2.62 bits per heavy atom. The van der Waals surface area contributed by atoms with Gasteiger partial charge >= 0.3 is 0 Å². The molecule has 0 bridgehead atoms. The standard InChI is InChI=1S/C18H31N3/c1-3-12-20-17-8-6-5-7-9-18(17)21(4-2)15-16-10-13-19-14-11-16/h10-11,13-14,17-18,20H,3-9,12,15H2,1-2H3. The van der Waals surface area contributed by atoms with E-state index in [0.717, 1.165) is 19.6 Å². The molecule has 0 saturated heterocycles. The second kappa shape index (κ2) is 9.16. The molecule has 0 radical (unpaired) electrons. The Morgan fingerprint density at radius 1 is 1.14 bits per heavy atom. The van der Waals surface area contributed by atoms with Gasteiger partial charge in [0.05, 0.1) is 0 Å². The Morgan fingerprint density at radius 2 is 1.90 bits per heavy atom. The van der Waals surface area contributed by atoms with Crippen LogP contribution >= 0.6 is 0 Å². The first-order chi connectivity index (χ1) is 10.3. The van der Waals surface area contributed by atoms with Gasteiger partial charge in [-0.3, -0.25) is 9.88 Å². The minimum absolute atomic E-state index is 0.661. The zero-order chi connectivity index (χ0) is 14.9. The van der Waals surface area contributed by atoms with E-state index in [4.69, 9.17) is 0 Å². The summed E-state index contributed by atoms with van der Waals surface area (Å²) in [6.45, 7) is 7.87. The number of rotatable bonds is 7. The fraction of sp³-hybridized carbons (Fsp3) is 0.722. The molecule has 3 heteroatoms. The van der Waals surface area contributed by atoms with Crippen molar-refractivity contribution in [2.24, 2.45) is 0 Å². The SMILES string of the molecule is CCCNC1CCCCCC1N(CC)Cc1ccncc1. The number of aromatic nitrogens is 1. The topological polar surface area (TPSA) is 28.2 Å². The van der Waals surface area contributed by atoms with E-state index in [9.17, 15) is 0 Å². The molecule has 21 heavy (non-hydrogen) atoms. The van der Waals surface area contributed by atoms with E-state index in [1.807, 2.05) is 12.4 Å². The van der Waals surface area contributed by atoms with E-state index in [2.05, 4.69) is 41.2 Å². The van der Waals surface area contributed by atoms with Gasteiger partial charge in [-0.15, -0.1) is 0 Å². The summed E-state index contributed by atoms with van der Waals surface area (Å²) in [4.78, 5) is 6.79. The molecular formula is C18H31N3. The molecule has 1 saturated carbocycles. The van der Waals surface area contributed by atoms with Gasteiger partial charge in [0.25, 0.3) is 0 Å². The zero-order valence-corrected chi connectivity index (χ0v) is 13.7. The lowest BCUT2D eigenvalue weighted by molar-refractivity contribution is 0.147. The maximum atomic E-state index is 4.13. The quantitative estimate of drug-likeness (QED) is 0.777. The molecule has 1 N–H and O–H groups in total. The van der Waals surface area contributed by atoms with Gasteiger partial charge in [-0.25, -0.2) is 0 Å². The molecule has 0 aliphatic heterocycles. The third-order valence-electron chi connectivity index (χ3n) is 4.65. The normalized spacial score (nSPS) is 23.2. The van der Waals surface area contributed by atoms with E-state index in [-0.39, 0.29) is 0 Å². The van der Waals surface area contributed by atoms with Gasteiger partial charge in [-0.1, -0.05) is 33.1 Å². The fourth-order valence-electron chi connectivity index (χ4n) is 3.48. The zero-order valence-electron chi connectivity index (χ0n) is 13.7. The predicted molar refractivity (Wildman–Crippen MR) is 89.3 cm³/mol. The van der Waals surface area contributed by atoms with Gasteiger partial charge in [0.1, 0.15) is 0 Å². The summed E-state index contributed by atoms with van der Waals surface area (Å²) in [6, 6.07) is 5.63. The van der Waals surface area contributed by atoms with Gasteiger partial charge in [-0.2, -0.15) is 0 Å². The summed E-state index contributed by atoms with van der Waals surface area (Å²) in [5, 5.41) is 3.81. The van der Waals surface area contributed by atoms with E-state index in [0.29, 0.717) is 12.1 Å². The molecular weight excluding hydrogens is 258 g/mol. The number of pyridine rings is 1. The van der Waals surface area contributed by atoms with Gasteiger partial charge < -0.3 is 5.32 Å². The van der Waals surface area contributed by atoms with Crippen LogP contribution in [0.1, 0.15) is 57.9 Å². The first-order valence-corrected chi connectivity index (χ1v) is 8.71. The Bertz CT molecular complexity index is 379. The van der Waals surface area contributed by atoms with Crippen molar-refractivity contribution in [1.29, 1.82) is 0 Å². The van der Waals surface area contributed by atoms with Crippen LogP contribution in [0.4, 0.5) is 0 Å². The van der Waals surface area contributed by atoms with Crippen LogP contribution in [0.2, 0.25) is 0 Å². The first kappa shape index (κ1) is 16.4. The highest BCUT2D eigenvalue weighted by atomic mass is 15.2. The average molecular weight is 289 g/mol. The summed E-state index contributed by atoms with van der Waals surface area (Å²) in [7, 11) is 0.